The van der Waals surface area contributed by atoms with Crippen LogP contribution in [0.3, 0.4) is 0 Å². The summed E-state index contributed by atoms with van der Waals surface area (Å²) < 4.78 is 14.7. The predicted octanol–water partition coefficient (Wildman–Crippen LogP) is 2.49. The summed E-state index contributed by atoms with van der Waals surface area (Å²) in [6, 6.07) is 5.36. The molecule has 0 radical (unpaired) electrons. The molecular weight excluding hydrogens is 349 g/mol. The van der Waals surface area contributed by atoms with Crippen molar-refractivity contribution in [3.05, 3.63) is 53.9 Å². The highest BCUT2D eigenvalue weighted by Gasteiger charge is 2.30. The van der Waals surface area contributed by atoms with Crippen LogP contribution in [0.2, 0.25) is 0 Å². The summed E-state index contributed by atoms with van der Waals surface area (Å²) >= 11 is 0. The fourth-order valence-electron chi connectivity index (χ4n) is 3.50. The molecule has 7 heteroatoms. The van der Waals surface area contributed by atoms with E-state index in [4.69, 9.17) is 0 Å². The zero-order valence-electron chi connectivity index (χ0n) is 15.3. The van der Waals surface area contributed by atoms with Crippen LogP contribution in [0.25, 0.3) is 0 Å². The van der Waals surface area contributed by atoms with Gasteiger partial charge in [-0.25, -0.2) is 9.37 Å². The average molecular weight is 373 g/mol. The van der Waals surface area contributed by atoms with Gasteiger partial charge in [-0.05, 0) is 43.0 Å². The molecule has 2 aromatic rings. The number of aliphatic hydroxyl groups excluding tert-OH is 1. The molecule has 1 aromatic heterocycles. The Morgan fingerprint density at radius 2 is 1.89 bits per heavy atom. The van der Waals surface area contributed by atoms with Crippen LogP contribution in [-0.2, 0) is 11.8 Å². The molecular formula is C20H24FN3O3. The van der Waals surface area contributed by atoms with E-state index in [2.05, 4.69) is 4.98 Å². The normalized spacial score (nSPS) is 16.3. The van der Waals surface area contributed by atoms with E-state index in [0.29, 0.717) is 37.3 Å². The van der Waals surface area contributed by atoms with E-state index in [9.17, 15) is 19.1 Å². The van der Waals surface area contributed by atoms with Gasteiger partial charge in [-0.2, -0.15) is 0 Å². The first-order chi connectivity index (χ1) is 13.0. The lowest BCUT2D eigenvalue weighted by molar-refractivity contribution is -0.133. The number of aromatic nitrogens is 2. The van der Waals surface area contributed by atoms with Crippen molar-refractivity contribution in [1.82, 2.24) is 14.5 Å². The highest BCUT2D eigenvalue weighted by Crippen LogP contribution is 2.30. The number of carbonyl (C=O) groups is 2. The molecule has 3 rings (SSSR count). The smallest absolute Gasteiger partial charge is 0.223 e. The molecule has 1 saturated heterocycles. The fourth-order valence-corrected chi connectivity index (χ4v) is 3.50. The molecule has 1 aliphatic heterocycles. The molecule has 27 heavy (non-hydrogen) atoms. The number of halogens is 1. The third kappa shape index (κ3) is 4.60. The van der Waals surface area contributed by atoms with Crippen molar-refractivity contribution in [2.75, 3.05) is 13.1 Å². The minimum atomic E-state index is -0.637. The van der Waals surface area contributed by atoms with Crippen molar-refractivity contribution >= 4 is 11.7 Å². The van der Waals surface area contributed by atoms with E-state index >= 15 is 0 Å². The topological polar surface area (TPSA) is 75.4 Å². The summed E-state index contributed by atoms with van der Waals surface area (Å²) in [5.74, 6) is 0.0951. The first-order valence-corrected chi connectivity index (χ1v) is 9.17. The second-order valence-corrected chi connectivity index (χ2v) is 6.99. The molecule has 1 aromatic carbocycles. The molecule has 1 N–H and O–H groups in total. The van der Waals surface area contributed by atoms with Crippen LogP contribution in [0.1, 0.15) is 48.0 Å². The molecule has 1 aliphatic rings. The average Bonchev–Trinajstić information content (AvgIpc) is 3.12. The Morgan fingerprint density at radius 1 is 1.22 bits per heavy atom. The van der Waals surface area contributed by atoms with Gasteiger partial charge in [-0.15, -0.1) is 0 Å². The Morgan fingerprint density at radius 3 is 2.48 bits per heavy atom. The summed E-state index contributed by atoms with van der Waals surface area (Å²) in [4.78, 5) is 30.4. The van der Waals surface area contributed by atoms with Gasteiger partial charge in [0.05, 0.1) is 0 Å². The number of rotatable bonds is 6. The van der Waals surface area contributed by atoms with E-state index in [-0.39, 0.29) is 30.4 Å². The third-order valence-electron chi connectivity index (χ3n) is 5.19. The quantitative estimate of drug-likeness (QED) is 0.790. The third-order valence-corrected chi connectivity index (χ3v) is 5.19. The summed E-state index contributed by atoms with van der Waals surface area (Å²) in [7, 11) is 1.85. The van der Waals surface area contributed by atoms with Gasteiger partial charge in [-0.3, -0.25) is 9.59 Å². The lowest BCUT2D eigenvalue weighted by Crippen LogP contribution is -2.40. The number of benzene rings is 1. The van der Waals surface area contributed by atoms with Crippen LogP contribution in [0.4, 0.5) is 4.39 Å². The molecule has 0 saturated carbocycles. The van der Waals surface area contributed by atoms with Crippen LogP contribution < -0.4 is 0 Å². The summed E-state index contributed by atoms with van der Waals surface area (Å²) in [6.45, 7) is 1.13. The van der Waals surface area contributed by atoms with Gasteiger partial charge in [0, 0.05) is 50.9 Å². The van der Waals surface area contributed by atoms with Gasteiger partial charge in [0.15, 0.2) is 5.78 Å². The molecule has 0 unspecified atom stereocenters. The molecule has 0 bridgehead atoms. The van der Waals surface area contributed by atoms with Gasteiger partial charge in [-0.1, -0.05) is 0 Å². The van der Waals surface area contributed by atoms with E-state index in [1.165, 1.54) is 24.3 Å². The summed E-state index contributed by atoms with van der Waals surface area (Å²) in [6.07, 6.45) is 4.48. The highest BCUT2D eigenvalue weighted by molar-refractivity contribution is 5.97. The highest BCUT2D eigenvalue weighted by atomic mass is 19.1. The number of piperidine rings is 1. The van der Waals surface area contributed by atoms with Crippen molar-refractivity contribution in [1.29, 1.82) is 0 Å². The number of Topliss-reactive ketones (excluding diaryl/α,β-unsaturated/α-hetero) is 1. The maximum absolute atomic E-state index is 12.9. The number of nitrogens with zero attached hydrogens (tertiary/aromatic N) is 3. The van der Waals surface area contributed by atoms with Crippen molar-refractivity contribution in [2.24, 2.45) is 13.0 Å². The maximum Gasteiger partial charge on any atom is 0.223 e. The molecule has 0 spiro atoms. The molecule has 2 heterocycles. The number of aryl methyl sites for hydroxylation is 1. The minimum absolute atomic E-state index is 0.0598. The van der Waals surface area contributed by atoms with E-state index in [1.807, 2.05) is 11.6 Å². The van der Waals surface area contributed by atoms with Gasteiger partial charge >= 0.3 is 0 Å². The number of hydrogen-bond donors (Lipinski definition) is 1. The SMILES string of the molecule is Cn1ccnc1[C@H](O)C1CCN(C(=O)CCC(=O)c2ccc(F)cc2)CC1. The largest absolute Gasteiger partial charge is 0.385 e. The number of likely N-dealkylation sites (tertiary alicyclic amines) is 1. The monoisotopic (exact) mass is 373 g/mol. The van der Waals surface area contributed by atoms with Crippen molar-refractivity contribution in [3.8, 4) is 0 Å². The summed E-state index contributed by atoms with van der Waals surface area (Å²) in [5.41, 5.74) is 0.418. The Labute approximate surface area is 157 Å². The minimum Gasteiger partial charge on any atom is -0.385 e. The molecule has 1 amide bonds. The fraction of sp³-hybridized carbons (Fsp3) is 0.450. The van der Waals surface area contributed by atoms with Crippen LogP contribution in [0.15, 0.2) is 36.7 Å². The van der Waals surface area contributed by atoms with Crippen LogP contribution >= 0.6 is 0 Å². The number of ketones is 1. The Hall–Kier alpha value is -2.54. The first-order valence-electron chi connectivity index (χ1n) is 9.17. The lowest BCUT2D eigenvalue weighted by Gasteiger charge is -2.34. The Balaban J connectivity index is 1.46. The standard InChI is InChI=1S/C20H24FN3O3/c1-23-13-10-22-20(23)19(27)15-8-11-24(12-9-15)18(26)7-6-17(25)14-2-4-16(21)5-3-14/h2-5,10,13,15,19,27H,6-9,11-12H2,1H3/t19-/m1/s1. The lowest BCUT2D eigenvalue weighted by atomic mass is 9.90. The Kier molecular flexibility index (Phi) is 6.01. The zero-order chi connectivity index (χ0) is 19.4. The second-order valence-electron chi connectivity index (χ2n) is 6.99. The molecule has 144 valence electrons. The number of aliphatic hydroxyl groups is 1. The second kappa shape index (κ2) is 8.43. The molecule has 6 nitrogen and oxygen atoms in total. The van der Waals surface area contributed by atoms with Gasteiger partial charge in [0.25, 0.3) is 0 Å². The van der Waals surface area contributed by atoms with E-state index in [1.54, 1.807) is 17.3 Å². The molecule has 0 aliphatic carbocycles. The number of imidazole rings is 1. The van der Waals surface area contributed by atoms with E-state index < -0.39 is 11.9 Å². The number of carbonyl (C=O) groups excluding carboxylic acids is 2. The van der Waals surface area contributed by atoms with Crippen molar-refractivity contribution in [3.63, 3.8) is 0 Å². The van der Waals surface area contributed by atoms with Crippen molar-refractivity contribution < 1.29 is 19.1 Å². The van der Waals surface area contributed by atoms with E-state index in [0.717, 1.165) is 0 Å². The van der Waals surface area contributed by atoms with Gasteiger partial charge < -0.3 is 14.6 Å². The maximum atomic E-state index is 12.9. The first kappa shape index (κ1) is 19.2. The van der Waals surface area contributed by atoms with Crippen LogP contribution in [0, 0.1) is 11.7 Å². The number of hydrogen-bond acceptors (Lipinski definition) is 4. The van der Waals surface area contributed by atoms with Crippen LogP contribution in [-0.4, -0.2) is 44.3 Å². The predicted molar refractivity (Wildman–Crippen MR) is 97.4 cm³/mol. The summed E-state index contributed by atoms with van der Waals surface area (Å²) in [5, 5.41) is 10.5. The van der Waals surface area contributed by atoms with Crippen LogP contribution in [0.5, 0.6) is 0 Å². The zero-order valence-corrected chi connectivity index (χ0v) is 15.3. The Bertz CT molecular complexity index is 795. The number of amides is 1. The van der Waals surface area contributed by atoms with Crippen molar-refractivity contribution in [2.45, 2.75) is 31.8 Å². The van der Waals surface area contributed by atoms with Gasteiger partial charge in [0.2, 0.25) is 5.91 Å². The molecule has 1 fully saturated rings. The van der Waals surface area contributed by atoms with Gasteiger partial charge in [0.1, 0.15) is 17.7 Å². The molecule has 1 atom stereocenters.